The van der Waals surface area contributed by atoms with E-state index >= 15 is 0 Å². The average Bonchev–Trinajstić information content (AvgIpc) is 2.16. The summed E-state index contributed by atoms with van der Waals surface area (Å²) in [6, 6.07) is 4.53. The Kier molecular flexibility index (Phi) is 2.49. The van der Waals surface area contributed by atoms with Gasteiger partial charge in [-0.2, -0.15) is 0 Å². The van der Waals surface area contributed by atoms with Crippen molar-refractivity contribution in [1.29, 1.82) is 0 Å². The van der Waals surface area contributed by atoms with Crippen molar-refractivity contribution in [2.24, 2.45) is 0 Å². The molecule has 2 rings (SSSR count). The van der Waals surface area contributed by atoms with Crippen LogP contribution in [-0.4, -0.2) is 0 Å². The largest absolute Gasteiger partial charge is 0.398 e. The van der Waals surface area contributed by atoms with E-state index in [-0.39, 0.29) is 0 Å². The lowest BCUT2D eigenvalue weighted by atomic mass is 9.87. The van der Waals surface area contributed by atoms with Crippen molar-refractivity contribution in [2.75, 3.05) is 5.73 Å². The Bertz CT molecular complexity index is 339. The fourth-order valence-electron chi connectivity index (χ4n) is 2.32. The second-order valence-corrected chi connectivity index (χ2v) is 4.61. The zero-order valence-corrected chi connectivity index (χ0v) is 9.14. The van der Waals surface area contributed by atoms with Gasteiger partial charge in [0.15, 0.2) is 0 Å². The van der Waals surface area contributed by atoms with Crippen LogP contribution in [0.4, 0.5) is 5.69 Å². The normalized spacial score (nSPS) is 15.6. The van der Waals surface area contributed by atoms with Gasteiger partial charge >= 0.3 is 0 Å². The Morgan fingerprint density at radius 1 is 1.07 bits per heavy atom. The molecule has 76 valence electrons. The molecule has 0 aliphatic heterocycles. The maximum atomic E-state index is 6.05. The van der Waals surface area contributed by atoms with Gasteiger partial charge in [-0.25, -0.2) is 0 Å². The molecule has 2 N–H and O–H groups in total. The number of hydrogen-bond acceptors (Lipinski definition) is 1. The minimum Gasteiger partial charge on any atom is -0.398 e. The van der Waals surface area contributed by atoms with E-state index in [4.69, 9.17) is 5.73 Å². The summed E-state index contributed by atoms with van der Waals surface area (Å²) in [4.78, 5) is 0. The molecule has 14 heavy (non-hydrogen) atoms. The van der Waals surface area contributed by atoms with Crippen LogP contribution in [0.3, 0.4) is 0 Å². The molecule has 0 aromatic heterocycles. The highest BCUT2D eigenvalue weighted by atomic mass is 14.6. The van der Waals surface area contributed by atoms with E-state index in [0.717, 1.165) is 5.69 Å². The number of nitrogen functional groups attached to an aromatic ring is 1. The molecular formula is C13H19N. The van der Waals surface area contributed by atoms with E-state index in [0.29, 0.717) is 5.92 Å². The molecule has 1 aromatic carbocycles. The molecule has 0 heterocycles. The second-order valence-electron chi connectivity index (χ2n) is 4.61. The highest BCUT2D eigenvalue weighted by Gasteiger charge is 2.13. The van der Waals surface area contributed by atoms with Crippen LogP contribution in [-0.2, 0) is 12.8 Å². The van der Waals surface area contributed by atoms with Crippen LogP contribution >= 0.6 is 0 Å². The van der Waals surface area contributed by atoms with Crippen LogP contribution < -0.4 is 5.73 Å². The highest BCUT2D eigenvalue weighted by molar-refractivity contribution is 5.54. The predicted octanol–water partition coefficient (Wildman–Crippen LogP) is 3.27. The van der Waals surface area contributed by atoms with E-state index in [1.165, 1.54) is 42.4 Å². The third kappa shape index (κ3) is 1.63. The number of hydrogen-bond donors (Lipinski definition) is 1. The number of benzene rings is 1. The molecular weight excluding hydrogens is 170 g/mol. The first kappa shape index (κ1) is 9.57. The smallest absolute Gasteiger partial charge is 0.0352 e. The van der Waals surface area contributed by atoms with Gasteiger partial charge in [0.25, 0.3) is 0 Å². The predicted molar refractivity (Wildman–Crippen MR) is 61.6 cm³/mol. The van der Waals surface area contributed by atoms with E-state index in [1.807, 2.05) is 0 Å². The van der Waals surface area contributed by atoms with Crippen molar-refractivity contribution in [1.82, 2.24) is 0 Å². The number of anilines is 1. The lowest BCUT2D eigenvalue weighted by molar-refractivity contribution is 0.683. The average molecular weight is 189 g/mol. The van der Waals surface area contributed by atoms with Crippen LogP contribution in [0.2, 0.25) is 0 Å². The topological polar surface area (TPSA) is 26.0 Å². The fourth-order valence-corrected chi connectivity index (χ4v) is 2.32. The minimum absolute atomic E-state index is 0.544. The number of fused-ring (bicyclic) bond motifs is 1. The molecule has 0 saturated heterocycles. The maximum absolute atomic E-state index is 6.05. The van der Waals surface area contributed by atoms with Crippen molar-refractivity contribution < 1.29 is 0 Å². The van der Waals surface area contributed by atoms with Gasteiger partial charge in [-0.3, -0.25) is 0 Å². The fraction of sp³-hybridized carbons (Fsp3) is 0.538. The lowest BCUT2D eigenvalue weighted by Crippen LogP contribution is -2.06. The zero-order chi connectivity index (χ0) is 10.1. The van der Waals surface area contributed by atoms with Gasteiger partial charge in [0.1, 0.15) is 0 Å². The summed E-state index contributed by atoms with van der Waals surface area (Å²) < 4.78 is 0. The van der Waals surface area contributed by atoms with Crippen molar-refractivity contribution in [2.45, 2.75) is 45.4 Å². The van der Waals surface area contributed by atoms with Crippen molar-refractivity contribution in [3.05, 3.63) is 28.8 Å². The summed E-state index contributed by atoms with van der Waals surface area (Å²) in [6.07, 6.45) is 5.13. The molecule has 0 saturated carbocycles. The number of aryl methyl sites for hydroxylation is 2. The monoisotopic (exact) mass is 189 g/mol. The zero-order valence-electron chi connectivity index (χ0n) is 9.14. The Hall–Kier alpha value is -0.980. The SMILES string of the molecule is CC(C)c1cc2c(cc1N)CCCC2. The van der Waals surface area contributed by atoms with E-state index in [9.17, 15) is 0 Å². The van der Waals surface area contributed by atoms with Gasteiger partial charge in [0.2, 0.25) is 0 Å². The van der Waals surface area contributed by atoms with Crippen LogP contribution in [0, 0.1) is 0 Å². The van der Waals surface area contributed by atoms with Crippen molar-refractivity contribution in [3.8, 4) is 0 Å². The van der Waals surface area contributed by atoms with Crippen molar-refractivity contribution in [3.63, 3.8) is 0 Å². The Morgan fingerprint density at radius 3 is 2.21 bits per heavy atom. The molecule has 0 amide bonds. The van der Waals surface area contributed by atoms with E-state index in [1.54, 1.807) is 0 Å². The summed E-state index contributed by atoms with van der Waals surface area (Å²) in [7, 11) is 0. The molecule has 1 nitrogen and oxygen atoms in total. The minimum atomic E-state index is 0.544. The third-order valence-corrected chi connectivity index (χ3v) is 3.17. The lowest BCUT2D eigenvalue weighted by Gasteiger charge is -2.19. The van der Waals surface area contributed by atoms with Gasteiger partial charge in [0, 0.05) is 5.69 Å². The molecule has 1 heteroatoms. The van der Waals surface area contributed by atoms with Crippen LogP contribution in [0.15, 0.2) is 12.1 Å². The van der Waals surface area contributed by atoms with Crippen LogP contribution in [0.5, 0.6) is 0 Å². The quantitative estimate of drug-likeness (QED) is 0.674. The molecule has 1 aliphatic rings. The third-order valence-electron chi connectivity index (χ3n) is 3.17. The number of rotatable bonds is 1. The molecule has 0 atom stereocenters. The molecule has 0 radical (unpaired) electrons. The summed E-state index contributed by atoms with van der Waals surface area (Å²) in [5.74, 6) is 0.544. The van der Waals surface area contributed by atoms with E-state index < -0.39 is 0 Å². The standard InChI is InChI=1S/C13H19N/c1-9(2)12-7-10-5-3-4-6-11(10)8-13(12)14/h7-9H,3-6,14H2,1-2H3. The second kappa shape index (κ2) is 3.64. The highest BCUT2D eigenvalue weighted by Crippen LogP contribution is 2.29. The molecule has 0 spiro atoms. The van der Waals surface area contributed by atoms with Gasteiger partial charge in [-0.15, -0.1) is 0 Å². The van der Waals surface area contributed by atoms with Gasteiger partial charge in [-0.1, -0.05) is 19.9 Å². The first-order chi connectivity index (χ1) is 6.68. The summed E-state index contributed by atoms with van der Waals surface area (Å²) in [5, 5.41) is 0. The summed E-state index contributed by atoms with van der Waals surface area (Å²) in [5.41, 5.74) is 11.4. The first-order valence-electron chi connectivity index (χ1n) is 5.59. The van der Waals surface area contributed by atoms with Crippen LogP contribution in [0.1, 0.15) is 49.3 Å². The van der Waals surface area contributed by atoms with Crippen LogP contribution in [0.25, 0.3) is 0 Å². The summed E-state index contributed by atoms with van der Waals surface area (Å²) in [6.45, 7) is 4.42. The number of nitrogens with two attached hydrogens (primary N) is 1. The Morgan fingerprint density at radius 2 is 1.64 bits per heavy atom. The van der Waals surface area contributed by atoms with Gasteiger partial charge in [-0.05, 0) is 54.4 Å². The van der Waals surface area contributed by atoms with E-state index in [2.05, 4.69) is 26.0 Å². The maximum Gasteiger partial charge on any atom is 0.0352 e. The molecule has 0 unspecified atom stereocenters. The first-order valence-corrected chi connectivity index (χ1v) is 5.59. The Balaban J connectivity index is 2.45. The van der Waals surface area contributed by atoms with Gasteiger partial charge < -0.3 is 5.73 Å². The molecule has 1 aliphatic carbocycles. The molecule has 0 bridgehead atoms. The van der Waals surface area contributed by atoms with Gasteiger partial charge in [0.05, 0.1) is 0 Å². The Labute approximate surface area is 86.3 Å². The molecule has 1 aromatic rings. The molecule has 0 fully saturated rings. The summed E-state index contributed by atoms with van der Waals surface area (Å²) >= 11 is 0. The van der Waals surface area contributed by atoms with Crippen molar-refractivity contribution >= 4 is 5.69 Å².